The van der Waals surface area contributed by atoms with Crippen molar-refractivity contribution in [3.05, 3.63) is 71.7 Å². The summed E-state index contributed by atoms with van der Waals surface area (Å²) >= 11 is 0. The van der Waals surface area contributed by atoms with E-state index in [1.807, 2.05) is 44.3 Å². The Hall–Kier alpha value is -2.62. The highest BCUT2D eigenvalue weighted by molar-refractivity contribution is 5.94. The lowest BCUT2D eigenvalue weighted by atomic mass is 9.83. The standard InChI is InChI=1S/C19H19FN2O/c1-19(2,16-12-21-17-6-4-3-5-15(16)17)18(23)22-11-13-7-9-14(20)10-8-13/h3-10,12,21H,11H2,1-2H3,(H,22,23). The molecule has 23 heavy (non-hydrogen) atoms. The predicted molar refractivity (Wildman–Crippen MR) is 89.6 cm³/mol. The normalized spacial score (nSPS) is 11.6. The van der Waals surface area contributed by atoms with E-state index < -0.39 is 5.41 Å². The Morgan fingerprint density at radius 3 is 2.57 bits per heavy atom. The molecule has 0 radical (unpaired) electrons. The maximum Gasteiger partial charge on any atom is 0.230 e. The Labute approximate surface area is 134 Å². The van der Waals surface area contributed by atoms with Gasteiger partial charge in [0.15, 0.2) is 0 Å². The molecule has 3 rings (SSSR count). The topological polar surface area (TPSA) is 44.9 Å². The summed E-state index contributed by atoms with van der Waals surface area (Å²) in [7, 11) is 0. The number of para-hydroxylation sites is 1. The van der Waals surface area contributed by atoms with E-state index in [0.717, 1.165) is 22.0 Å². The summed E-state index contributed by atoms with van der Waals surface area (Å²) in [5.41, 5.74) is 2.18. The van der Waals surface area contributed by atoms with Gasteiger partial charge < -0.3 is 10.3 Å². The molecule has 0 aliphatic rings. The first-order valence-electron chi connectivity index (χ1n) is 7.58. The number of rotatable bonds is 4. The first-order valence-corrected chi connectivity index (χ1v) is 7.58. The molecule has 0 atom stereocenters. The number of benzene rings is 2. The van der Waals surface area contributed by atoms with Gasteiger partial charge in [-0.3, -0.25) is 4.79 Å². The van der Waals surface area contributed by atoms with Crippen LogP contribution in [0.25, 0.3) is 10.9 Å². The summed E-state index contributed by atoms with van der Waals surface area (Å²) in [6, 6.07) is 14.1. The van der Waals surface area contributed by atoms with E-state index in [-0.39, 0.29) is 11.7 Å². The summed E-state index contributed by atoms with van der Waals surface area (Å²) in [6.45, 7) is 4.19. The van der Waals surface area contributed by atoms with Gasteiger partial charge in [0.05, 0.1) is 5.41 Å². The van der Waals surface area contributed by atoms with Gasteiger partial charge in [0.2, 0.25) is 5.91 Å². The van der Waals surface area contributed by atoms with Crippen LogP contribution < -0.4 is 5.32 Å². The predicted octanol–water partition coefficient (Wildman–Crippen LogP) is 3.90. The van der Waals surface area contributed by atoms with Crippen LogP contribution in [0.1, 0.15) is 25.0 Å². The number of H-pyrrole nitrogens is 1. The van der Waals surface area contributed by atoms with E-state index in [1.165, 1.54) is 12.1 Å². The molecule has 1 amide bonds. The number of halogens is 1. The van der Waals surface area contributed by atoms with Gasteiger partial charge >= 0.3 is 0 Å². The first-order chi connectivity index (χ1) is 11.0. The third-order valence-electron chi connectivity index (χ3n) is 4.20. The van der Waals surface area contributed by atoms with Gasteiger partial charge in [-0.2, -0.15) is 0 Å². The molecule has 1 aromatic heterocycles. The summed E-state index contributed by atoms with van der Waals surface area (Å²) in [5.74, 6) is -0.342. The minimum absolute atomic E-state index is 0.0634. The zero-order valence-electron chi connectivity index (χ0n) is 13.2. The molecule has 0 fully saturated rings. The van der Waals surface area contributed by atoms with Crippen LogP contribution in [0.3, 0.4) is 0 Å². The summed E-state index contributed by atoms with van der Waals surface area (Å²) in [6.07, 6.45) is 1.89. The Kier molecular flexibility index (Phi) is 3.90. The lowest BCUT2D eigenvalue weighted by Gasteiger charge is -2.23. The highest BCUT2D eigenvalue weighted by atomic mass is 19.1. The van der Waals surface area contributed by atoms with E-state index in [4.69, 9.17) is 0 Å². The van der Waals surface area contributed by atoms with Crippen molar-refractivity contribution < 1.29 is 9.18 Å². The average Bonchev–Trinajstić information content (AvgIpc) is 2.98. The van der Waals surface area contributed by atoms with Gasteiger partial charge in [-0.05, 0) is 43.2 Å². The molecular weight excluding hydrogens is 291 g/mol. The zero-order chi connectivity index (χ0) is 16.4. The zero-order valence-corrected chi connectivity index (χ0v) is 13.2. The van der Waals surface area contributed by atoms with Crippen LogP contribution in [0.4, 0.5) is 4.39 Å². The van der Waals surface area contributed by atoms with Crippen molar-refractivity contribution >= 4 is 16.8 Å². The molecule has 0 saturated carbocycles. The van der Waals surface area contributed by atoms with E-state index in [1.54, 1.807) is 12.1 Å². The van der Waals surface area contributed by atoms with Gasteiger partial charge in [-0.25, -0.2) is 4.39 Å². The van der Waals surface area contributed by atoms with Gasteiger partial charge in [0.25, 0.3) is 0 Å². The molecule has 0 aliphatic heterocycles. The summed E-state index contributed by atoms with van der Waals surface area (Å²) in [5, 5.41) is 3.99. The molecule has 2 N–H and O–H groups in total. The second-order valence-electron chi connectivity index (χ2n) is 6.18. The second kappa shape index (κ2) is 5.88. The van der Waals surface area contributed by atoms with Crippen LogP contribution >= 0.6 is 0 Å². The number of hydrogen-bond acceptors (Lipinski definition) is 1. The van der Waals surface area contributed by atoms with Crippen LogP contribution in [0.2, 0.25) is 0 Å². The Bertz CT molecular complexity index is 834. The SMILES string of the molecule is CC(C)(C(=O)NCc1ccc(F)cc1)c1c[nH]c2ccccc12. The van der Waals surface area contributed by atoms with Gasteiger partial charge in [0.1, 0.15) is 5.82 Å². The van der Waals surface area contributed by atoms with Crippen molar-refractivity contribution in [2.75, 3.05) is 0 Å². The number of amides is 1. The van der Waals surface area contributed by atoms with Crippen molar-refractivity contribution in [2.24, 2.45) is 0 Å². The van der Waals surface area contributed by atoms with Gasteiger partial charge in [-0.15, -0.1) is 0 Å². The Morgan fingerprint density at radius 1 is 1.13 bits per heavy atom. The highest BCUT2D eigenvalue weighted by Crippen LogP contribution is 2.30. The van der Waals surface area contributed by atoms with Crippen molar-refractivity contribution in [1.82, 2.24) is 10.3 Å². The van der Waals surface area contributed by atoms with E-state index in [2.05, 4.69) is 10.3 Å². The van der Waals surface area contributed by atoms with Crippen LogP contribution in [-0.2, 0) is 16.8 Å². The van der Waals surface area contributed by atoms with E-state index in [0.29, 0.717) is 6.54 Å². The smallest absolute Gasteiger partial charge is 0.230 e. The molecule has 0 aliphatic carbocycles. The fourth-order valence-electron chi connectivity index (χ4n) is 2.72. The molecule has 118 valence electrons. The van der Waals surface area contributed by atoms with Crippen LogP contribution in [0, 0.1) is 5.82 Å². The molecule has 0 unspecified atom stereocenters. The Morgan fingerprint density at radius 2 is 1.83 bits per heavy atom. The fourth-order valence-corrected chi connectivity index (χ4v) is 2.72. The number of carbonyl (C=O) groups excluding carboxylic acids is 1. The quantitative estimate of drug-likeness (QED) is 0.754. The number of aromatic nitrogens is 1. The van der Waals surface area contributed by atoms with Crippen molar-refractivity contribution in [2.45, 2.75) is 25.8 Å². The minimum atomic E-state index is -0.667. The molecule has 2 aromatic carbocycles. The molecule has 3 nitrogen and oxygen atoms in total. The summed E-state index contributed by atoms with van der Waals surface area (Å²) < 4.78 is 12.9. The fraction of sp³-hybridized carbons (Fsp3) is 0.211. The lowest BCUT2D eigenvalue weighted by molar-refractivity contribution is -0.125. The van der Waals surface area contributed by atoms with Crippen LogP contribution in [0.15, 0.2) is 54.7 Å². The lowest BCUT2D eigenvalue weighted by Crippen LogP contribution is -2.39. The minimum Gasteiger partial charge on any atom is -0.361 e. The van der Waals surface area contributed by atoms with Gasteiger partial charge in [0, 0.05) is 23.6 Å². The third kappa shape index (κ3) is 2.97. The number of hydrogen-bond donors (Lipinski definition) is 2. The second-order valence-corrected chi connectivity index (χ2v) is 6.18. The average molecular weight is 310 g/mol. The number of nitrogens with one attached hydrogen (secondary N) is 2. The molecule has 1 heterocycles. The third-order valence-corrected chi connectivity index (χ3v) is 4.20. The highest BCUT2D eigenvalue weighted by Gasteiger charge is 2.31. The van der Waals surface area contributed by atoms with E-state index >= 15 is 0 Å². The molecule has 0 saturated heterocycles. The molecule has 3 aromatic rings. The largest absolute Gasteiger partial charge is 0.361 e. The maximum absolute atomic E-state index is 12.9. The molecule has 0 bridgehead atoms. The van der Waals surface area contributed by atoms with Crippen molar-refractivity contribution in [3.8, 4) is 0 Å². The molecular formula is C19H19FN2O. The molecule has 4 heteroatoms. The van der Waals surface area contributed by atoms with Crippen molar-refractivity contribution in [3.63, 3.8) is 0 Å². The maximum atomic E-state index is 12.9. The number of carbonyl (C=O) groups is 1. The van der Waals surface area contributed by atoms with Crippen molar-refractivity contribution in [1.29, 1.82) is 0 Å². The molecule has 0 spiro atoms. The van der Waals surface area contributed by atoms with Gasteiger partial charge in [-0.1, -0.05) is 30.3 Å². The summed E-state index contributed by atoms with van der Waals surface area (Å²) in [4.78, 5) is 15.9. The van der Waals surface area contributed by atoms with Crippen LogP contribution in [-0.4, -0.2) is 10.9 Å². The Balaban J connectivity index is 1.78. The monoisotopic (exact) mass is 310 g/mol. The van der Waals surface area contributed by atoms with E-state index in [9.17, 15) is 9.18 Å². The number of fused-ring (bicyclic) bond motifs is 1. The van der Waals surface area contributed by atoms with Crippen LogP contribution in [0.5, 0.6) is 0 Å². The first kappa shape index (κ1) is 15.3. The number of aromatic amines is 1.